The number of halogens is 4. The van der Waals surface area contributed by atoms with E-state index in [1.165, 1.54) is 22.6 Å². The standard InChI is InChI=1S/C7H2ClF2IN2O3/c8-5(14)2-1-3(13(15)16)7(11)12-4(2)6(9)10/h1,6H. The van der Waals surface area contributed by atoms with Crippen molar-refractivity contribution in [2.45, 2.75) is 6.43 Å². The van der Waals surface area contributed by atoms with Gasteiger partial charge in [-0.05, 0) is 34.2 Å². The van der Waals surface area contributed by atoms with E-state index in [-0.39, 0.29) is 3.70 Å². The van der Waals surface area contributed by atoms with E-state index in [2.05, 4.69) is 4.98 Å². The second-order valence-corrected chi connectivity index (χ2v) is 3.93. The molecule has 0 N–H and O–H groups in total. The van der Waals surface area contributed by atoms with Gasteiger partial charge in [-0.2, -0.15) is 0 Å². The van der Waals surface area contributed by atoms with Gasteiger partial charge >= 0.3 is 5.69 Å². The minimum Gasteiger partial charge on any atom is -0.276 e. The third-order valence-corrected chi connectivity index (χ3v) is 2.60. The van der Waals surface area contributed by atoms with Gasteiger partial charge in [-0.3, -0.25) is 14.9 Å². The Labute approximate surface area is 106 Å². The number of hydrogen-bond acceptors (Lipinski definition) is 4. The highest BCUT2D eigenvalue weighted by molar-refractivity contribution is 14.1. The maximum atomic E-state index is 12.5. The molecule has 9 heteroatoms. The van der Waals surface area contributed by atoms with Crippen LogP contribution in [0.1, 0.15) is 22.5 Å². The normalized spacial score (nSPS) is 10.6. The third-order valence-electron chi connectivity index (χ3n) is 1.60. The molecule has 16 heavy (non-hydrogen) atoms. The van der Waals surface area contributed by atoms with E-state index in [0.29, 0.717) is 6.07 Å². The molecule has 0 aromatic carbocycles. The Morgan fingerprint density at radius 3 is 2.56 bits per heavy atom. The first-order chi connectivity index (χ1) is 7.34. The SMILES string of the molecule is O=C(Cl)c1cc([N+](=O)[O-])c(I)nc1C(F)F. The van der Waals surface area contributed by atoms with Crippen LogP contribution in [0.5, 0.6) is 0 Å². The first-order valence-electron chi connectivity index (χ1n) is 3.67. The average Bonchev–Trinajstić information content (AvgIpc) is 2.15. The Balaban J connectivity index is 3.49. The Hall–Kier alpha value is -0.900. The summed E-state index contributed by atoms with van der Waals surface area (Å²) in [6.07, 6.45) is -3.02. The summed E-state index contributed by atoms with van der Waals surface area (Å²) in [7, 11) is 0. The summed E-state index contributed by atoms with van der Waals surface area (Å²) in [5.74, 6) is 0. The smallest absolute Gasteiger partial charge is 0.276 e. The van der Waals surface area contributed by atoms with Gasteiger partial charge in [-0.1, -0.05) is 0 Å². The lowest BCUT2D eigenvalue weighted by molar-refractivity contribution is -0.386. The Bertz CT molecular complexity index is 469. The Morgan fingerprint density at radius 1 is 1.62 bits per heavy atom. The fourth-order valence-corrected chi connectivity index (χ4v) is 1.71. The van der Waals surface area contributed by atoms with E-state index in [1.54, 1.807) is 0 Å². The lowest BCUT2D eigenvalue weighted by Gasteiger charge is -2.04. The van der Waals surface area contributed by atoms with E-state index < -0.39 is 33.5 Å². The zero-order chi connectivity index (χ0) is 12.5. The summed E-state index contributed by atoms with van der Waals surface area (Å²) in [6, 6.07) is 0.700. The number of alkyl halides is 2. The predicted octanol–water partition coefficient (Wildman–Crippen LogP) is 2.91. The minimum absolute atomic E-state index is 0.223. The van der Waals surface area contributed by atoms with Crippen LogP contribution in [0.2, 0.25) is 0 Å². The number of carbonyl (C=O) groups excluding carboxylic acids is 1. The number of nitro groups is 1. The molecule has 0 atom stereocenters. The first kappa shape index (κ1) is 13.2. The van der Waals surface area contributed by atoms with Crippen LogP contribution < -0.4 is 0 Å². The van der Waals surface area contributed by atoms with Gasteiger partial charge < -0.3 is 0 Å². The molecule has 0 fully saturated rings. The van der Waals surface area contributed by atoms with Gasteiger partial charge in [0.05, 0.1) is 10.5 Å². The lowest BCUT2D eigenvalue weighted by Crippen LogP contribution is -2.06. The molecule has 0 spiro atoms. The van der Waals surface area contributed by atoms with Crippen molar-refractivity contribution in [1.29, 1.82) is 0 Å². The summed E-state index contributed by atoms with van der Waals surface area (Å²) in [5.41, 5.74) is -2.03. The van der Waals surface area contributed by atoms with Crippen LogP contribution in [-0.2, 0) is 0 Å². The summed E-state index contributed by atoms with van der Waals surface area (Å²) in [4.78, 5) is 23.8. The fraction of sp³-hybridized carbons (Fsp3) is 0.143. The van der Waals surface area contributed by atoms with Crippen LogP contribution in [0.4, 0.5) is 14.5 Å². The molecule has 0 aliphatic heterocycles. The van der Waals surface area contributed by atoms with Gasteiger partial charge in [-0.15, -0.1) is 0 Å². The van der Waals surface area contributed by atoms with Gasteiger partial charge in [0.2, 0.25) is 0 Å². The van der Waals surface area contributed by atoms with Crippen LogP contribution in [0.3, 0.4) is 0 Å². The molecule has 86 valence electrons. The van der Waals surface area contributed by atoms with Crippen molar-refractivity contribution in [3.8, 4) is 0 Å². The van der Waals surface area contributed by atoms with Crippen molar-refractivity contribution in [2.24, 2.45) is 0 Å². The van der Waals surface area contributed by atoms with Gasteiger partial charge in [0.1, 0.15) is 5.69 Å². The summed E-state index contributed by atoms with van der Waals surface area (Å²) < 4.78 is 24.7. The van der Waals surface area contributed by atoms with Gasteiger partial charge in [0, 0.05) is 6.07 Å². The number of nitrogens with zero attached hydrogens (tertiary/aromatic N) is 2. The Morgan fingerprint density at radius 2 is 2.19 bits per heavy atom. The second kappa shape index (κ2) is 4.95. The monoisotopic (exact) mass is 362 g/mol. The van der Waals surface area contributed by atoms with E-state index in [1.807, 2.05) is 0 Å². The number of hydrogen-bond donors (Lipinski definition) is 0. The summed E-state index contributed by atoms with van der Waals surface area (Å²) >= 11 is 6.48. The van der Waals surface area contributed by atoms with E-state index in [9.17, 15) is 23.7 Å². The predicted molar refractivity (Wildman–Crippen MR) is 58.7 cm³/mol. The van der Waals surface area contributed by atoms with Gasteiger partial charge in [0.25, 0.3) is 11.7 Å². The van der Waals surface area contributed by atoms with Crippen molar-refractivity contribution >= 4 is 45.1 Å². The quantitative estimate of drug-likeness (QED) is 0.272. The van der Waals surface area contributed by atoms with Crippen molar-refractivity contribution in [3.05, 3.63) is 31.1 Å². The zero-order valence-corrected chi connectivity index (χ0v) is 10.2. The number of aromatic nitrogens is 1. The van der Waals surface area contributed by atoms with Crippen LogP contribution in [0, 0.1) is 13.8 Å². The van der Waals surface area contributed by atoms with Crippen LogP contribution in [0.15, 0.2) is 6.07 Å². The van der Waals surface area contributed by atoms with Gasteiger partial charge in [0.15, 0.2) is 3.70 Å². The lowest BCUT2D eigenvalue weighted by atomic mass is 10.2. The molecule has 0 saturated heterocycles. The fourth-order valence-electron chi connectivity index (χ4n) is 0.945. The average molecular weight is 362 g/mol. The van der Waals surface area contributed by atoms with Gasteiger partial charge in [-0.25, -0.2) is 13.8 Å². The van der Waals surface area contributed by atoms with E-state index >= 15 is 0 Å². The highest BCUT2D eigenvalue weighted by Gasteiger charge is 2.25. The summed E-state index contributed by atoms with van der Waals surface area (Å²) in [6.45, 7) is 0. The number of carbonyl (C=O) groups is 1. The zero-order valence-electron chi connectivity index (χ0n) is 7.29. The molecule has 0 radical (unpaired) electrons. The van der Waals surface area contributed by atoms with Crippen molar-refractivity contribution < 1.29 is 18.5 Å². The maximum Gasteiger partial charge on any atom is 0.301 e. The molecule has 0 unspecified atom stereocenters. The van der Waals surface area contributed by atoms with E-state index in [0.717, 1.165) is 0 Å². The number of rotatable bonds is 3. The van der Waals surface area contributed by atoms with Crippen molar-refractivity contribution in [3.63, 3.8) is 0 Å². The molecular weight excluding hydrogens is 360 g/mol. The molecule has 0 aliphatic rings. The molecule has 5 nitrogen and oxygen atoms in total. The minimum atomic E-state index is -3.02. The molecule has 1 heterocycles. The molecule has 0 bridgehead atoms. The molecule has 1 aromatic rings. The van der Waals surface area contributed by atoms with Crippen LogP contribution in [-0.4, -0.2) is 15.1 Å². The Kier molecular flexibility index (Phi) is 4.08. The topological polar surface area (TPSA) is 73.1 Å². The number of pyridine rings is 1. The van der Waals surface area contributed by atoms with E-state index in [4.69, 9.17) is 11.6 Å². The third kappa shape index (κ3) is 2.61. The largest absolute Gasteiger partial charge is 0.301 e. The first-order valence-corrected chi connectivity index (χ1v) is 5.13. The molecule has 1 aromatic heterocycles. The highest BCUT2D eigenvalue weighted by atomic mass is 127. The molecular formula is C7H2ClF2IN2O3. The molecule has 0 amide bonds. The van der Waals surface area contributed by atoms with Crippen molar-refractivity contribution in [1.82, 2.24) is 4.98 Å². The maximum absolute atomic E-state index is 12.5. The molecule has 1 rings (SSSR count). The molecule has 0 aliphatic carbocycles. The summed E-state index contributed by atoms with van der Waals surface area (Å²) in [5, 5.41) is 9.29. The second-order valence-electron chi connectivity index (χ2n) is 2.56. The molecule has 0 saturated carbocycles. The van der Waals surface area contributed by atoms with Crippen molar-refractivity contribution in [2.75, 3.05) is 0 Å². The highest BCUT2D eigenvalue weighted by Crippen LogP contribution is 2.28. The van der Waals surface area contributed by atoms with Crippen LogP contribution >= 0.6 is 34.2 Å². The van der Waals surface area contributed by atoms with Crippen LogP contribution in [0.25, 0.3) is 0 Å².